The molecule has 2 aliphatic heterocycles. The van der Waals surface area contributed by atoms with E-state index < -0.39 is 0 Å². The zero-order valence-corrected chi connectivity index (χ0v) is 14.9. The quantitative estimate of drug-likeness (QED) is 0.467. The van der Waals surface area contributed by atoms with Crippen LogP contribution in [-0.2, 0) is 14.3 Å². The van der Waals surface area contributed by atoms with Gasteiger partial charge in [-0.15, -0.1) is 0 Å². The molecule has 0 bridgehead atoms. The number of likely N-dealkylation sites (tertiary alicyclic amines) is 2. The van der Waals surface area contributed by atoms with Crippen LogP contribution >= 0.6 is 0 Å². The van der Waals surface area contributed by atoms with Gasteiger partial charge in [-0.25, -0.2) is 0 Å². The maximum atomic E-state index is 12.3. The number of hydrogen-bond donors (Lipinski definition) is 1. The fourth-order valence-corrected chi connectivity index (χ4v) is 3.36. The van der Waals surface area contributed by atoms with Crippen LogP contribution in [0.4, 0.5) is 0 Å². The molecule has 1 N–H and O–H groups in total. The van der Waals surface area contributed by atoms with Crippen LogP contribution in [0, 0.1) is 5.92 Å². The largest absolute Gasteiger partial charge is 0.466 e. The molecular weight excluding hydrogens is 308 g/mol. The Hall–Kier alpha value is -1.79. The Bertz CT molecular complexity index is 461. The SMILES string of the molecule is CCOC(=O)[C@H]1CCCN(C(=NC)NCC(=O)N2CCCCC2)C1. The summed E-state index contributed by atoms with van der Waals surface area (Å²) in [4.78, 5) is 32.5. The lowest BCUT2D eigenvalue weighted by atomic mass is 9.98. The second kappa shape index (κ2) is 9.49. The van der Waals surface area contributed by atoms with Crippen molar-refractivity contribution in [2.45, 2.75) is 39.0 Å². The first-order chi connectivity index (χ1) is 11.7. The van der Waals surface area contributed by atoms with Crippen LogP contribution in [0.2, 0.25) is 0 Å². The summed E-state index contributed by atoms with van der Waals surface area (Å²) in [6, 6.07) is 0. The molecule has 7 nitrogen and oxygen atoms in total. The highest BCUT2D eigenvalue weighted by molar-refractivity contribution is 5.87. The van der Waals surface area contributed by atoms with E-state index in [1.165, 1.54) is 6.42 Å². The van der Waals surface area contributed by atoms with E-state index in [0.717, 1.165) is 45.3 Å². The summed E-state index contributed by atoms with van der Waals surface area (Å²) in [6.07, 6.45) is 5.16. The maximum absolute atomic E-state index is 12.3. The highest BCUT2D eigenvalue weighted by Gasteiger charge is 2.28. The van der Waals surface area contributed by atoms with Gasteiger partial charge in [-0.1, -0.05) is 0 Å². The fourth-order valence-electron chi connectivity index (χ4n) is 3.36. The molecule has 0 aromatic heterocycles. The number of guanidine groups is 1. The Labute approximate surface area is 144 Å². The van der Waals surface area contributed by atoms with E-state index in [0.29, 0.717) is 19.1 Å². The van der Waals surface area contributed by atoms with Crippen molar-refractivity contribution in [2.24, 2.45) is 10.9 Å². The van der Waals surface area contributed by atoms with Gasteiger partial charge in [0.05, 0.1) is 19.1 Å². The van der Waals surface area contributed by atoms with Gasteiger partial charge in [-0.2, -0.15) is 0 Å². The number of carbonyl (C=O) groups is 2. The number of piperidine rings is 2. The second-order valence-electron chi connectivity index (χ2n) is 6.38. The van der Waals surface area contributed by atoms with Crippen LogP contribution in [0.3, 0.4) is 0 Å². The molecule has 136 valence electrons. The molecule has 24 heavy (non-hydrogen) atoms. The first-order valence-corrected chi connectivity index (χ1v) is 9.05. The van der Waals surface area contributed by atoms with Gasteiger partial charge in [0.15, 0.2) is 5.96 Å². The van der Waals surface area contributed by atoms with E-state index in [-0.39, 0.29) is 24.3 Å². The summed E-state index contributed by atoms with van der Waals surface area (Å²) >= 11 is 0. The smallest absolute Gasteiger partial charge is 0.310 e. The molecule has 0 saturated carbocycles. The average molecular weight is 338 g/mol. The first-order valence-electron chi connectivity index (χ1n) is 9.05. The van der Waals surface area contributed by atoms with E-state index in [4.69, 9.17) is 4.74 Å². The summed E-state index contributed by atoms with van der Waals surface area (Å²) in [6.45, 7) is 5.64. The third-order valence-electron chi connectivity index (χ3n) is 4.66. The summed E-state index contributed by atoms with van der Waals surface area (Å²) in [5, 5.41) is 3.16. The minimum atomic E-state index is -0.137. The fraction of sp³-hybridized carbons (Fsp3) is 0.824. The van der Waals surface area contributed by atoms with E-state index in [9.17, 15) is 9.59 Å². The van der Waals surface area contributed by atoms with Crippen LogP contribution < -0.4 is 5.32 Å². The van der Waals surface area contributed by atoms with Crippen molar-refractivity contribution in [3.63, 3.8) is 0 Å². The number of aliphatic imine (C=N–C) groups is 1. The molecule has 0 aromatic carbocycles. The minimum Gasteiger partial charge on any atom is -0.466 e. The molecule has 2 rings (SSSR count). The zero-order chi connectivity index (χ0) is 17.4. The van der Waals surface area contributed by atoms with Crippen molar-refractivity contribution in [3.05, 3.63) is 0 Å². The number of rotatable bonds is 4. The van der Waals surface area contributed by atoms with E-state index in [2.05, 4.69) is 15.2 Å². The summed E-state index contributed by atoms with van der Waals surface area (Å²) in [7, 11) is 1.71. The summed E-state index contributed by atoms with van der Waals surface area (Å²) in [5.74, 6) is 0.557. The molecule has 7 heteroatoms. The van der Waals surface area contributed by atoms with Gasteiger partial charge in [0, 0.05) is 33.2 Å². The highest BCUT2D eigenvalue weighted by Crippen LogP contribution is 2.18. The number of ether oxygens (including phenoxy) is 1. The van der Waals surface area contributed by atoms with Crippen LogP contribution in [0.5, 0.6) is 0 Å². The van der Waals surface area contributed by atoms with Gasteiger partial charge in [-0.05, 0) is 39.0 Å². The van der Waals surface area contributed by atoms with Gasteiger partial charge in [-0.3, -0.25) is 14.6 Å². The number of hydrogen-bond acceptors (Lipinski definition) is 4. The molecule has 0 aromatic rings. The summed E-state index contributed by atoms with van der Waals surface area (Å²) < 4.78 is 5.13. The molecule has 0 aliphatic carbocycles. The van der Waals surface area contributed by atoms with Crippen LogP contribution in [0.15, 0.2) is 4.99 Å². The Morgan fingerprint density at radius 3 is 2.50 bits per heavy atom. The van der Waals surface area contributed by atoms with Gasteiger partial charge in [0.2, 0.25) is 5.91 Å². The van der Waals surface area contributed by atoms with E-state index in [1.807, 2.05) is 11.8 Å². The molecule has 2 fully saturated rings. The molecule has 2 heterocycles. The molecule has 2 aliphatic rings. The van der Waals surface area contributed by atoms with Crippen molar-refractivity contribution in [3.8, 4) is 0 Å². The first kappa shape index (κ1) is 18.5. The van der Waals surface area contributed by atoms with Crippen molar-refractivity contribution < 1.29 is 14.3 Å². The van der Waals surface area contributed by atoms with Crippen LogP contribution in [0.1, 0.15) is 39.0 Å². The number of nitrogens with one attached hydrogen (secondary N) is 1. The van der Waals surface area contributed by atoms with Crippen molar-refractivity contribution in [1.82, 2.24) is 15.1 Å². The van der Waals surface area contributed by atoms with Crippen molar-refractivity contribution >= 4 is 17.8 Å². The average Bonchev–Trinajstić information content (AvgIpc) is 2.63. The molecule has 1 atom stereocenters. The third-order valence-corrected chi connectivity index (χ3v) is 4.66. The van der Waals surface area contributed by atoms with Gasteiger partial charge in [0.25, 0.3) is 0 Å². The highest BCUT2D eigenvalue weighted by atomic mass is 16.5. The molecule has 1 amide bonds. The standard InChI is InChI=1S/C17H30N4O3/c1-3-24-16(23)14-8-7-11-21(13-14)17(18-2)19-12-15(22)20-9-5-4-6-10-20/h14H,3-13H2,1-2H3,(H,18,19)/t14-/m0/s1. The molecule has 0 spiro atoms. The van der Waals surface area contributed by atoms with Crippen LogP contribution in [-0.4, -0.2) is 74.0 Å². The van der Waals surface area contributed by atoms with Gasteiger partial charge in [0.1, 0.15) is 0 Å². The number of esters is 1. The second-order valence-corrected chi connectivity index (χ2v) is 6.38. The predicted molar refractivity (Wildman–Crippen MR) is 92.7 cm³/mol. The number of carbonyl (C=O) groups excluding carboxylic acids is 2. The molecule has 0 radical (unpaired) electrons. The van der Waals surface area contributed by atoms with Crippen LogP contribution in [0.25, 0.3) is 0 Å². The van der Waals surface area contributed by atoms with Gasteiger partial charge < -0.3 is 19.9 Å². The lowest BCUT2D eigenvalue weighted by molar-refractivity contribution is -0.149. The Kier molecular flexibility index (Phi) is 7.34. The maximum Gasteiger partial charge on any atom is 0.310 e. The minimum absolute atomic E-state index is 0.116. The lowest BCUT2D eigenvalue weighted by Crippen LogP contribution is -2.51. The Morgan fingerprint density at radius 2 is 1.83 bits per heavy atom. The lowest BCUT2D eigenvalue weighted by Gasteiger charge is -2.34. The predicted octanol–water partition coefficient (Wildman–Crippen LogP) is 0.849. The summed E-state index contributed by atoms with van der Waals surface area (Å²) in [5.41, 5.74) is 0. The molecule has 0 unspecified atom stereocenters. The number of amides is 1. The normalized spacial score (nSPS) is 22.2. The molecular formula is C17H30N4O3. The van der Waals surface area contributed by atoms with Gasteiger partial charge >= 0.3 is 5.97 Å². The number of nitrogens with zero attached hydrogens (tertiary/aromatic N) is 3. The van der Waals surface area contributed by atoms with Crippen molar-refractivity contribution in [2.75, 3.05) is 46.4 Å². The third kappa shape index (κ3) is 5.11. The Balaban J connectivity index is 1.84. The van der Waals surface area contributed by atoms with E-state index >= 15 is 0 Å². The Morgan fingerprint density at radius 1 is 1.12 bits per heavy atom. The topological polar surface area (TPSA) is 74.2 Å². The van der Waals surface area contributed by atoms with E-state index in [1.54, 1.807) is 7.05 Å². The van der Waals surface area contributed by atoms with Crippen molar-refractivity contribution in [1.29, 1.82) is 0 Å². The monoisotopic (exact) mass is 338 g/mol. The molecule has 2 saturated heterocycles. The zero-order valence-electron chi connectivity index (χ0n) is 14.9.